The van der Waals surface area contributed by atoms with E-state index in [9.17, 15) is 13.2 Å². The molecule has 222 valence electrons. The minimum absolute atomic E-state index is 0.113. The minimum atomic E-state index is -3.53. The molecule has 42 heavy (non-hydrogen) atoms. The average Bonchev–Trinajstić information content (AvgIpc) is 3.14. The molecule has 7 nitrogen and oxygen atoms in total. The number of rotatable bonds is 10. The molecule has 0 unspecified atom stereocenters. The summed E-state index contributed by atoms with van der Waals surface area (Å²) in [6.45, 7) is 3.09. The number of amides is 1. The zero-order valence-corrected chi connectivity index (χ0v) is 25.8. The van der Waals surface area contributed by atoms with Crippen LogP contribution in [-0.2, 0) is 25.9 Å². The Kier molecular flexibility index (Phi) is 10.1. The van der Waals surface area contributed by atoms with Crippen LogP contribution in [0.3, 0.4) is 0 Å². The van der Waals surface area contributed by atoms with E-state index in [0.29, 0.717) is 29.5 Å². The van der Waals surface area contributed by atoms with Crippen LogP contribution in [0, 0.1) is 0 Å². The molecule has 1 saturated heterocycles. The van der Waals surface area contributed by atoms with E-state index in [4.69, 9.17) is 9.47 Å². The molecule has 0 radical (unpaired) electrons. The molecule has 0 aromatic heterocycles. The number of nitrogens with one attached hydrogen (secondary N) is 1. The molecule has 0 aliphatic carbocycles. The highest BCUT2D eigenvalue weighted by Crippen LogP contribution is 2.32. The molecule has 1 N–H and O–H groups in total. The van der Waals surface area contributed by atoms with E-state index in [1.165, 1.54) is 5.56 Å². The van der Waals surface area contributed by atoms with Crippen LogP contribution in [0.2, 0.25) is 0 Å². The van der Waals surface area contributed by atoms with Gasteiger partial charge in [0.05, 0.1) is 17.3 Å². The quantitative estimate of drug-likeness (QED) is 0.288. The number of thioether (sulfide) groups is 1. The highest BCUT2D eigenvalue weighted by molar-refractivity contribution is 7.98. The van der Waals surface area contributed by atoms with Gasteiger partial charge >= 0.3 is 0 Å². The van der Waals surface area contributed by atoms with Crippen molar-refractivity contribution < 1.29 is 22.7 Å². The first kappa shape index (κ1) is 30.4. The summed E-state index contributed by atoms with van der Waals surface area (Å²) in [5, 5.41) is 2.97. The van der Waals surface area contributed by atoms with Gasteiger partial charge in [-0.1, -0.05) is 30.3 Å². The van der Waals surface area contributed by atoms with Gasteiger partial charge < -0.3 is 14.8 Å². The van der Waals surface area contributed by atoms with Crippen molar-refractivity contribution >= 4 is 39.3 Å². The number of hydrogen-bond donors (Lipinski definition) is 1. The second-order valence-corrected chi connectivity index (χ2v) is 13.8. The van der Waals surface area contributed by atoms with Crippen LogP contribution in [0.4, 0.5) is 5.69 Å². The van der Waals surface area contributed by atoms with Crippen molar-refractivity contribution in [3.05, 3.63) is 83.4 Å². The first-order valence-corrected chi connectivity index (χ1v) is 17.3. The number of carbonyl (C=O) groups excluding carboxylic acids is 1. The molecule has 1 fully saturated rings. The molecule has 0 saturated carbocycles. The van der Waals surface area contributed by atoms with Crippen molar-refractivity contribution in [2.45, 2.75) is 36.7 Å². The predicted octanol–water partition coefficient (Wildman–Crippen LogP) is 5.91. The lowest BCUT2D eigenvalue weighted by Gasteiger charge is -2.31. The zero-order valence-electron chi connectivity index (χ0n) is 24.2. The number of nitrogens with zero attached hydrogens (tertiary/aromatic N) is 1. The minimum Gasteiger partial charge on any atom is -0.493 e. The number of benzene rings is 3. The van der Waals surface area contributed by atoms with E-state index in [2.05, 4.69) is 17.3 Å². The first-order chi connectivity index (χ1) is 20.3. The van der Waals surface area contributed by atoms with Crippen LogP contribution in [0.1, 0.15) is 30.4 Å². The smallest absolute Gasteiger partial charge is 0.251 e. The number of sulfone groups is 1. The Labute approximate surface area is 253 Å². The molecular formula is C33H38N2O5S2. The van der Waals surface area contributed by atoms with Crippen LogP contribution in [0.15, 0.2) is 77.2 Å². The molecular weight excluding hydrogens is 569 g/mol. The summed E-state index contributed by atoms with van der Waals surface area (Å²) in [5.74, 6) is 1.31. The van der Waals surface area contributed by atoms with Gasteiger partial charge in [0.2, 0.25) is 0 Å². The largest absolute Gasteiger partial charge is 0.493 e. The van der Waals surface area contributed by atoms with Gasteiger partial charge in [-0.15, -0.1) is 0 Å². The van der Waals surface area contributed by atoms with Crippen LogP contribution >= 0.6 is 11.8 Å². The third kappa shape index (κ3) is 7.64. The fourth-order valence-electron chi connectivity index (χ4n) is 5.35. The summed E-state index contributed by atoms with van der Waals surface area (Å²) in [7, 11) is -1.39. The highest BCUT2D eigenvalue weighted by Gasteiger charge is 2.25. The fourth-order valence-corrected chi connectivity index (χ4v) is 7.06. The maximum Gasteiger partial charge on any atom is 0.251 e. The van der Waals surface area contributed by atoms with Gasteiger partial charge in [-0.3, -0.25) is 9.69 Å². The Morgan fingerprint density at radius 1 is 1.02 bits per heavy atom. The SMILES string of the molecule is CSCCOc1ccc(-c2ccc3c(c2)C=C(C(=O)Nc2ccc(CN(C)C4CCOCC4)cc2)CCS3(=O)=O)cc1. The number of fused-ring (bicyclic) bond motifs is 1. The molecule has 0 bridgehead atoms. The fraction of sp³-hybridized carbons (Fsp3) is 0.364. The summed E-state index contributed by atoms with van der Waals surface area (Å²) >= 11 is 1.73. The zero-order chi connectivity index (χ0) is 29.5. The molecule has 0 atom stereocenters. The predicted molar refractivity (Wildman–Crippen MR) is 171 cm³/mol. The van der Waals surface area contributed by atoms with Gasteiger partial charge in [0.1, 0.15) is 5.75 Å². The van der Waals surface area contributed by atoms with Crippen LogP contribution < -0.4 is 10.1 Å². The lowest BCUT2D eigenvalue weighted by atomic mass is 10.0. The maximum atomic E-state index is 13.3. The second-order valence-electron chi connectivity index (χ2n) is 10.8. The molecule has 9 heteroatoms. The summed E-state index contributed by atoms with van der Waals surface area (Å²) < 4.78 is 37.4. The van der Waals surface area contributed by atoms with E-state index in [-0.39, 0.29) is 23.0 Å². The Morgan fingerprint density at radius 3 is 2.45 bits per heavy atom. The lowest BCUT2D eigenvalue weighted by molar-refractivity contribution is -0.112. The Balaban J connectivity index is 1.29. The average molecular weight is 607 g/mol. The van der Waals surface area contributed by atoms with Crippen LogP contribution in [-0.4, -0.2) is 69.9 Å². The van der Waals surface area contributed by atoms with E-state index in [1.807, 2.05) is 66.9 Å². The van der Waals surface area contributed by atoms with Gasteiger partial charge in [0, 0.05) is 42.8 Å². The summed E-state index contributed by atoms with van der Waals surface area (Å²) in [6, 6.07) is 21.4. The third-order valence-electron chi connectivity index (χ3n) is 7.81. The standard InChI is InChI=1S/C33H38N2O5S2/c1-35(30-13-16-39-17-14-30)23-24-3-8-29(9-4-24)34-33(36)27-15-20-42(37,38)32-12-7-26(21-28(32)22-27)25-5-10-31(11-6-25)40-18-19-41-2/h3-12,21-22,30H,13-20,23H2,1-2H3,(H,34,36). The number of ether oxygens (including phenoxy) is 2. The van der Waals surface area contributed by atoms with Gasteiger partial charge in [0.15, 0.2) is 9.84 Å². The van der Waals surface area contributed by atoms with Crippen LogP contribution in [0.5, 0.6) is 5.75 Å². The molecule has 2 aliphatic rings. The van der Waals surface area contributed by atoms with Crippen molar-refractivity contribution in [1.29, 1.82) is 0 Å². The van der Waals surface area contributed by atoms with Crippen molar-refractivity contribution in [1.82, 2.24) is 4.90 Å². The normalized spacial score (nSPS) is 16.8. The topological polar surface area (TPSA) is 84.9 Å². The monoisotopic (exact) mass is 606 g/mol. The molecule has 2 heterocycles. The van der Waals surface area contributed by atoms with E-state index >= 15 is 0 Å². The molecule has 0 spiro atoms. The van der Waals surface area contributed by atoms with Crippen molar-refractivity contribution in [2.24, 2.45) is 0 Å². The van der Waals surface area contributed by atoms with Gasteiger partial charge in [-0.25, -0.2) is 8.42 Å². The molecule has 1 amide bonds. The number of hydrogen-bond acceptors (Lipinski definition) is 7. The first-order valence-electron chi connectivity index (χ1n) is 14.3. The van der Waals surface area contributed by atoms with Crippen molar-refractivity contribution in [2.75, 3.05) is 49.9 Å². The number of carbonyl (C=O) groups is 1. The summed E-state index contributed by atoms with van der Waals surface area (Å²) in [6.07, 6.45) is 5.99. The lowest BCUT2D eigenvalue weighted by Crippen LogP contribution is -2.36. The Bertz CT molecular complexity index is 1510. The molecule has 3 aromatic rings. The van der Waals surface area contributed by atoms with Gasteiger partial charge in [-0.05, 0) is 97.3 Å². The third-order valence-corrected chi connectivity index (χ3v) is 10.2. The second kappa shape index (κ2) is 13.9. The van der Waals surface area contributed by atoms with E-state index in [1.54, 1.807) is 23.9 Å². The van der Waals surface area contributed by atoms with Crippen molar-refractivity contribution in [3.63, 3.8) is 0 Å². The van der Waals surface area contributed by atoms with Gasteiger partial charge in [-0.2, -0.15) is 11.8 Å². The maximum absolute atomic E-state index is 13.3. The van der Waals surface area contributed by atoms with Crippen molar-refractivity contribution in [3.8, 4) is 16.9 Å². The van der Waals surface area contributed by atoms with E-state index in [0.717, 1.165) is 55.2 Å². The molecule has 3 aromatic carbocycles. The number of anilines is 1. The van der Waals surface area contributed by atoms with Gasteiger partial charge in [0.25, 0.3) is 5.91 Å². The Hall–Kier alpha value is -3.11. The molecule has 2 aliphatic heterocycles. The summed E-state index contributed by atoms with van der Waals surface area (Å²) in [4.78, 5) is 15.9. The summed E-state index contributed by atoms with van der Waals surface area (Å²) in [5.41, 5.74) is 4.64. The van der Waals surface area contributed by atoms with Crippen LogP contribution in [0.25, 0.3) is 17.2 Å². The van der Waals surface area contributed by atoms with E-state index < -0.39 is 9.84 Å². The Morgan fingerprint density at radius 2 is 1.74 bits per heavy atom. The molecule has 5 rings (SSSR count). The highest BCUT2D eigenvalue weighted by atomic mass is 32.2.